The van der Waals surface area contributed by atoms with Crippen LogP contribution in [0.2, 0.25) is 0 Å². The van der Waals surface area contributed by atoms with Crippen LogP contribution in [-0.2, 0) is 14.3 Å². The van der Waals surface area contributed by atoms with Gasteiger partial charge < -0.3 is 20.1 Å². The summed E-state index contributed by atoms with van der Waals surface area (Å²) in [6.07, 6.45) is 0. The van der Waals surface area contributed by atoms with Crippen molar-refractivity contribution in [2.75, 3.05) is 13.2 Å². The van der Waals surface area contributed by atoms with Crippen molar-refractivity contribution >= 4 is 29.3 Å². The fourth-order valence-electron chi connectivity index (χ4n) is 2.72. The molecule has 1 aliphatic rings. The summed E-state index contributed by atoms with van der Waals surface area (Å²) in [6, 6.07) is 4.52. The largest absolute Gasteiger partial charge is 0.463 e. The van der Waals surface area contributed by atoms with Crippen molar-refractivity contribution in [1.29, 1.82) is 0 Å². The van der Waals surface area contributed by atoms with Crippen LogP contribution in [0, 0.1) is 11.6 Å². The Kier molecular flexibility index (Phi) is 6.23. The van der Waals surface area contributed by atoms with Gasteiger partial charge in [0.2, 0.25) is 0 Å². The van der Waals surface area contributed by atoms with Gasteiger partial charge in [-0.1, -0.05) is 6.07 Å². The number of carbonyl (C=O) groups excluding carboxylic acids is 3. The lowest BCUT2D eigenvalue weighted by atomic mass is 10.0. The van der Waals surface area contributed by atoms with Crippen LogP contribution in [0.15, 0.2) is 47.0 Å². The molecule has 0 saturated heterocycles. The molecule has 2 amide bonds. The molecular weight excluding hydrogens is 406 g/mol. The molecule has 0 spiro atoms. The highest BCUT2D eigenvalue weighted by Crippen LogP contribution is 2.30. The molecule has 0 saturated carbocycles. The maximum absolute atomic E-state index is 13.8. The Hall–Kier alpha value is -3.27. The number of carbonyl (C=O) groups is 3. The third-order valence-corrected chi connectivity index (χ3v) is 4.91. The summed E-state index contributed by atoms with van der Waals surface area (Å²) in [5, 5.41) is 6.84. The van der Waals surface area contributed by atoms with E-state index in [2.05, 4.69) is 10.6 Å². The molecule has 0 radical (unpaired) electrons. The standard InChI is InChI=1S/C19H16F2N2O5S/c1-2-27-18(25)15-13(22-19(26)23-16(15)14-4-3-7-29-14)9-28-17(24)11-6-5-10(20)8-12(11)21/h3-8,16H,2,9H2,1H3,(H2,22,23,26)/t16-/m0/s1. The Labute approximate surface area is 168 Å². The summed E-state index contributed by atoms with van der Waals surface area (Å²) >= 11 is 1.32. The van der Waals surface area contributed by atoms with Gasteiger partial charge in [0.1, 0.15) is 18.2 Å². The second-order valence-electron chi connectivity index (χ2n) is 5.86. The predicted molar refractivity (Wildman–Crippen MR) is 99.0 cm³/mol. The molecule has 1 atom stereocenters. The first-order valence-corrected chi connectivity index (χ1v) is 9.42. The summed E-state index contributed by atoms with van der Waals surface area (Å²) in [7, 11) is 0. The van der Waals surface area contributed by atoms with Gasteiger partial charge in [0, 0.05) is 10.9 Å². The minimum absolute atomic E-state index is 0.0152. The first-order valence-electron chi connectivity index (χ1n) is 8.54. The number of hydrogen-bond acceptors (Lipinski definition) is 6. The molecule has 0 bridgehead atoms. The topological polar surface area (TPSA) is 93.7 Å². The van der Waals surface area contributed by atoms with Crippen LogP contribution in [0.3, 0.4) is 0 Å². The minimum Gasteiger partial charge on any atom is -0.463 e. The summed E-state index contributed by atoms with van der Waals surface area (Å²) in [6.45, 7) is 1.21. The van der Waals surface area contributed by atoms with Gasteiger partial charge in [-0.3, -0.25) is 0 Å². The Balaban J connectivity index is 1.89. The number of halogens is 2. The van der Waals surface area contributed by atoms with E-state index < -0.39 is 47.8 Å². The van der Waals surface area contributed by atoms with E-state index in [4.69, 9.17) is 9.47 Å². The van der Waals surface area contributed by atoms with Crippen LogP contribution in [0.1, 0.15) is 28.2 Å². The van der Waals surface area contributed by atoms with Crippen LogP contribution in [0.5, 0.6) is 0 Å². The molecule has 1 aromatic heterocycles. The fraction of sp³-hybridized carbons (Fsp3) is 0.211. The lowest BCUT2D eigenvalue weighted by molar-refractivity contribution is -0.139. The SMILES string of the molecule is CCOC(=O)C1=C(COC(=O)c2ccc(F)cc2F)NC(=O)N[C@H]1c1cccs1. The van der Waals surface area contributed by atoms with E-state index in [0.29, 0.717) is 10.9 Å². The molecule has 2 N–H and O–H groups in total. The molecule has 3 rings (SSSR count). The van der Waals surface area contributed by atoms with E-state index >= 15 is 0 Å². The molecule has 1 aliphatic heterocycles. The molecular formula is C19H16F2N2O5S. The molecule has 152 valence electrons. The zero-order chi connectivity index (χ0) is 21.0. The molecule has 2 heterocycles. The number of esters is 2. The quantitative estimate of drug-likeness (QED) is 0.698. The maximum Gasteiger partial charge on any atom is 0.341 e. The second-order valence-corrected chi connectivity index (χ2v) is 6.84. The maximum atomic E-state index is 13.8. The highest BCUT2D eigenvalue weighted by Gasteiger charge is 2.34. The van der Waals surface area contributed by atoms with E-state index in [1.165, 1.54) is 11.3 Å². The van der Waals surface area contributed by atoms with Crippen molar-refractivity contribution in [3.8, 4) is 0 Å². The van der Waals surface area contributed by atoms with E-state index in [0.717, 1.165) is 12.1 Å². The van der Waals surface area contributed by atoms with Gasteiger partial charge in [0.25, 0.3) is 0 Å². The van der Waals surface area contributed by atoms with Crippen LogP contribution in [0.25, 0.3) is 0 Å². The Morgan fingerprint density at radius 3 is 2.62 bits per heavy atom. The van der Waals surface area contributed by atoms with Crippen molar-refractivity contribution < 1.29 is 32.6 Å². The van der Waals surface area contributed by atoms with Gasteiger partial charge >= 0.3 is 18.0 Å². The molecule has 0 aliphatic carbocycles. The van der Waals surface area contributed by atoms with Crippen molar-refractivity contribution in [2.45, 2.75) is 13.0 Å². The number of hydrogen-bond donors (Lipinski definition) is 2. The fourth-order valence-corrected chi connectivity index (χ4v) is 3.51. The summed E-state index contributed by atoms with van der Waals surface area (Å²) in [4.78, 5) is 37.4. The lowest BCUT2D eigenvalue weighted by Crippen LogP contribution is -2.46. The highest BCUT2D eigenvalue weighted by atomic mass is 32.1. The molecule has 0 fully saturated rings. The van der Waals surface area contributed by atoms with Crippen LogP contribution in [0.4, 0.5) is 13.6 Å². The molecule has 7 nitrogen and oxygen atoms in total. The first-order chi connectivity index (χ1) is 13.9. The van der Waals surface area contributed by atoms with Gasteiger partial charge in [-0.05, 0) is 30.5 Å². The van der Waals surface area contributed by atoms with E-state index in [1.54, 1.807) is 24.4 Å². The normalized spacial score (nSPS) is 16.1. The molecule has 2 aromatic rings. The third-order valence-electron chi connectivity index (χ3n) is 3.98. The minimum atomic E-state index is -1.08. The van der Waals surface area contributed by atoms with E-state index in [1.807, 2.05) is 0 Å². The average Bonchev–Trinajstić information content (AvgIpc) is 3.20. The Bertz CT molecular complexity index is 975. The number of ether oxygens (including phenoxy) is 2. The predicted octanol–water partition coefficient (Wildman–Crippen LogP) is 3.05. The smallest absolute Gasteiger partial charge is 0.341 e. The average molecular weight is 422 g/mol. The summed E-state index contributed by atoms with van der Waals surface area (Å²) < 4.78 is 36.9. The zero-order valence-corrected chi connectivity index (χ0v) is 16.0. The van der Waals surface area contributed by atoms with Crippen LogP contribution >= 0.6 is 11.3 Å². The zero-order valence-electron chi connectivity index (χ0n) is 15.2. The summed E-state index contributed by atoms with van der Waals surface area (Å²) in [5.74, 6) is -3.69. The number of rotatable bonds is 6. The van der Waals surface area contributed by atoms with Gasteiger partial charge in [0.15, 0.2) is 0 Å². The van der Waals surface area contributed by atoms with Crippen molar-refractivity contribution in [2.24, 2.45) is 0 Å². The van der Waals surface area contributed by atoms with Gasteiger partial charge in [-0.15, -0.1) is 11.3 Å². The molecule has 29 heavy (non-hydrogen) atoms. The van der Waals surface area contributed by atoms with Gasteiger partial charge in [-0.25, -0.2) is 23.2 Å². The lowest BCUT2D eigenvalue weighted by Gasteiger charge is -2.28. The molecule has 1 aromatic carbocycles. The van der Waals surface area contributed by atoms with Crippen LogP contribution < -0.4 is 10.6 Å². The number of nitrogens with one attached hydrogen (secondary N) is 2. The van der Waals surface area contributed by atoms with Crippen molar-refractivity contribution in [1.82, 2.24) is 10.6 Å². The van der Waals surface area contributed by atoms with E-state index in [9.17, 15) is 23.2 Å². The molecule has 10 heteroatoms. The number of amides is 2. The van der Waals surface area contributed by atoms with Gasteiger partial charge in [-0.2, -0.15) is 0 Å². The number of benzene rings is 1. The monoisotopic (exact) mass is 422 g/mol. The first kappa shape index (κ1) is 20.5. The second kappa shape index (κ2) is 8.82. The van der Waals surface area contributed by atoms with Crippen LogP contribution in [-0.4, -0.2) is 31.2 Å². The number of urea groups is 1. The Morgan fingerprint density at radius 2 is 1.97 bits per heavy atom. The number of thiophene rings is 1. The van der Waals surface area contributed by atoms with E-state index in [-0.39, 0.29) is 17.9 Å². The highest BCUT2D eigenvalue weighted by molar-refractivity contribution is 7.10. The summed E-state index contributed by atoms with van der Waals surface area (Å²) in [5.41, 5.74) is -0.387. The molecule has 0 unspecified atom stereocenters. The third kappa shape index (κ3) is 4.60. The van der Waals surface area contributed by atoms with Gasteiger partial charge in [0.05, 0.1) is 29.5 Å². The van der Waals surface area contributed by atoms with Crippen molar-refractivity contribution in [3.63, 3.8) is 0 Å². The Morgan fingerprint density at radius 1 is 1.17 bits per heavy atom. The van der Waals surface area contributed by atoms with Crippen molar-refractivity contribution in [3.05, 3.63) is 69.1 Å².